The predicted octanol–water partition coefficient (Wildman–Crippen LogP) is 3.83. The number of thiocarbonyl (C=S) groups is 1. The summed E-state index contributed by atoms with van der Waals surface area (Å²) in [5.41, 5.74) is 7.51. The summed E-state index contributed by atoms with van der Waals surface area (Å²) < 4.78 is 19.1. The van der Waals surface area contributed by atoms with Crippen molar-refractivity contribution >= 4 is 28.8 Å². The maximum absolute atomic E-state index is 13.6. The number of nitrogens with two attached hydrogens (primary N) is 1. The Hall–Kier alpha value is -1.49. The average molecular weight is 310 g/mol. The van der Waals surface area contributed by atoms with Crippen LogP contribution in [-0.2, 0) is 18.0 Å². The molecule has 0 radical (unpaired) electrons. The van der Waals surface area contributed by atoms with Gasteiger partial charge >= 0.3 is 0 Å². The Morgan fingerprint density at radius 1 is 1.20 bits per heavy atom. The lowest BCUT2D eigenvalue weighted by molar-refractivity contribution is 0.105. The summed E-state index contributed by atoms with van der Waals surface area (Å²) in [6, 6.07) is 11.8. The molecule has 0 aliphatic rings. The van der Waals surface area contributed by atoms with Crippen molar-refractivity contribution in [3.63, 3.8) is 0 Å². The van der Waals surface area contributed by atoms with Gasteiger partial charge in [0.1, 0.15) is 10.8 Å². The molecule has 104 valence electrons. The van der Waals surface area contributed by atoms with Crippen molar-refractivity contribution in [3.8, 4) is 0 Å². The van der Waals surface area contributed by atoms with Crippen molar-refractivity contribution < 1.29 is 9.13 Å². The second kappa shape index (κ2) is 6.79. The van der Waals surface area contributed by atoms with Gasteiger partial charge in [-0.3, -0.25) is 0 Å². The maximum Gasteiger partial charge on any atom is 0.128 e. The van der Waals surface area contributed by atoms with Gasteiger partial charge in [-0.25, -0.2) is 4.39 Å². The number of halogens is 2. The molecule has 0 bridgehead atoms. The lowest BCUT2D eigenvalue weighted by Gasteiger charge is -2.08. The fraction of sp³-hybridized carbons (Fsp3) is 0.133. The molecule has 0 atom stereocenters. The van der Waals surface area contributed by atoms with E-state index in [1.54, 1.807) is 18.2 Å². The molecule has 0 fully saturated rings. The maximum atomic E-state index is 13.6. The molecule has 5 heteroatoms. The molecule has 2 N–H and O–H groups in total. The molecular weight excluding hydrogens is 297 g/mol. The van der Waals surface area contributed by atoms with Gasteiger partial charge in [0.2, 0.25) is 0 Å². The Morgan fingerprint density at radius 2 is 2.00 bits per heavy atom. The molecule has 20 heavy (non-hydrogen) atoms. The summed E-state index contributed by atoms with van der Waals surface area (Å²) in [5.74, 6) is -0.337. The first-order chi connectivity index (χ1) is 9.56. The van der Waals surface area contributed by atoms with E-state index < -0.39 is 0 Å². The summed E-state index contributed by atoms with van der Waals surface area (Å²) >= 11 is 10.7. The quantitative estimate of drug-likeness (QED) is 0.853. The van der Waals surface area contributed by atoms with Gasteiger partial charge in [0.25, 0.3) is 0 Å². The van der Waals surface area contributed by atoms with E-state index in [1.807, 2.05) is 18.2 Å². The van der Waals surface area contributed by atoms with Crippen molar-refractivity contribution in [2.45, 2.75) is 13.2 Å². The third kappa shape index (κ3) is 4.00. The number of hydrogen-bond acceptors (Lipinski definition) is 2. The highest BCUT2D eigenvalue weighted by atomic mass is 35.5. The van der Waals surface area contributed by atoms with Crippen molar-refractivity contribution in [1.29, 1.82) is 0 Å². The Labute approximate surface area is 127 Å². The lowest BCUT2D eigenvalue weighted by atomic mass is 10.1. The molecule has 0 heterocycles. The van der Waals surface area contributed by atoms with Crippen LogP contribution >= 0.6 is 23.8 Å². The number of hydrogen-bond donors (Lipinski definition) is 1. The second-order valence-corrected chi connectivity index (χ2v) is 5.17. The highest BCUT2D eigenvalue weighted by Crippen LogP contribution is 2.15. The van der Waals surface area contributed by atoms with Crippen LogP contribution in [0.1, 0.15) is 16.7 Å². The lowest BCUT2D eigenvalue weighted by Crippen LogP contribution is -2.10. The molecule has 0 aliphatic heterocycles. The van der Waals surface area contributed by atoms with Crippen LogP contribution in [0, 0.1) is 5.82 Å². The smallest absolute Gasteiger partial charge is 0.128 e. The predicted molar refractivity (Wildman–Crippen MR) is 82.2 cm³/mol. The molecule has 0 spiro atoms. The average Bonchev–Trinajstić information content (AvgIpc) is 2.40. The third-order valence-corrected chi connectivity index (χ3v) is 3.22. The largest absolute Gasteiger partial charge is 0.389 e. The molecular formula is C15H13ClFNOS. The molecule has 2 aromatic rings. The Kier molecular flexibility index (Phi) is 5.06. The minimum atomic E-state index is -0.337. The zero-order valence-electron chi connectivity index (χ0n) is 10.6. The van der Waals surface area contributed by atoms with Crippen LogP contribution in [0.15, 0.2) is 42.5 Å². The van der Waals surface area contributed by atoms with Gasteiger partial charge in [-0.15, -0.1) is 0 Å². The molecule has 0 unspecified atom stereocenters. The monoisotopic (exact) mass is 309 g/mol. The Bertz CT molecular complexity index is 633. The summed E-state index contributed by atoms with van der Waals surface area (Å²) in [4.78, 5) is 0.237. The number of benzene rings is 2. The SMILES string of the molecule is NC(=S)c1ccc(F)c(COCc2cccc(Cl)c2)c1. The van der Waals surface area contributed by atoms with Crippen molar-refractivity contribution in [1.82, 2.24) is 0 Å². The molecule has 2 aromatic carbocycles. The third-order valence-electron chi connectivity index (χ3n) is 2.75. The van der Waals surface area contributed by atoms with Crippen LogP contribution < -0.4 is 5.73 Å². The van der Waals surface area contributed by atoms with Crippen LogP contribution in [-0.4, -0.2) is 4.99 Å². The van der Waals surface area contributed by atoms with Gasteiger partial charge in [-0.1, -0.05) is 36.0 Å². The van der Waals surface area contributed by atoms with E-state index in [2.05, 4.69) is 0 Å². The minimum absolute atomic E-state index is 0.148. The van der Waals surface area contributed by atoms with Crippen molar-refractivity contribution in [2.75, 3.05) is 0 Å². The summed E-state index contributed by atoms with van der Waals surface area (Å²) in [6.45, 7) is 0.506. The van der Waals surface area contributed by atoms with E-state index in [4.69, 9.17) is 34.3 Å². The van der Waals surface area contributed by atoms with Gasteiger partial charge in [0.15, 0.2) is 0 Å². The summed E-state index contributed by atoms with van der Waals surface area (Å²) in [5, 5.41) is 0.646. The second-order valence-electron chi connectivity index (χ2n) is 4.29. The topological polar surface area (TPSA) is 35.2 Å². The first-order valence-electron chi connectivity index (χ1n) is 5.96. The zero-order valence-corrected chi connectivity index (χ0v) is 12.2. The molecule has 0 saturated carbocycles. The number of ether oxygens (including phenoxy) is 1. The van der Waals surface area contributed by atoms with Gasteiger partial charge in [0.05, 0.1) is 13.2 Å². The molecule has 0 saturated heterocycles. The van der Waals surface area contributed by atoms with E-state index in [9.17, 15) is 4.39 Å². The van der Waals surface area contributed by atoms with Crippen LogP contribution in [0.25, 0.3) is 0 Å². The number of rotatable bonds is 5. The first-order valence-corrected chi connectivity index (χ1v) is 6.75. The molecule has 2 rings (SSSR count). The molecule has 2 nitrogen and oxygen atoms in total. The highest BCUT2D eigenvalue weighted by molar-refractivity contribution is 7.80. The van der Waals surface area contributed by atoms with Crippen LogP contribution in [0.5, 0.6) is 0 Å². The normalized spacial score (nSPS) is 10.5. The van der Waals surface area contributed by atoms with Crippen LogP contribution in [0.4, 0.5) is 4.39 Å². The van der Waals surface area contributed by atoms with E-state index in [0.717, 1.165) is 5.56 Å². The molecule has 0 amide bonds. The van der Waals surface area contributed by atoms with Crippen LogP contribution in [0.3, 0.4) is 0 Å². The van der Waals surface area contributed by atoms with Crippen molar-refractivity contribution in [2.24, 2.45) is 5.73 Å². The highest BCUT2D eigenvalue weighted by Gasteiger charge is 2.06. The fourth-order valence-electron chi connectivity index (χ4n) is 1.74. The van der Waals surface area contributed by atoms with E-state index in [0.29, 0.717) is 22.8 Å². The van der Waals surface area contributed by atoms with Crippen LogP contribution in [0.2, 0.25) is 5.02 Å². The van der Waals surface area contributed by atoms with Crippen molar-refractivity contribution in [3.05, 3.63) is 70.0 Å². The summed E-state index contributed by atoms with van der Waals surface area (Å²) in [7, 11) is 0. The summed E-state index contributed by atoms with van der Waals surface area (Å²) in [6.07, 6.45) is 0. The Balaban J connectivity index is 2.00. The van der Waals surface area contributed by atoms with E-state index in [-0.39, 0.29) is 17.4 Å². The Morgan fingerprint density at radius 3 is 2.70 bits per heavy atom. The van der Waals surface area contributed by atoms with Gasteiger partial charge in [-0.05, 0) is 35.9 Å². The standard InChI is InChI=1S/C15H13ClFNOS/c16-13-3-1-2-10(6-13)8-19-9-12-7-11(15(18)20)4-5-14(12)17/h1-7H,8-9H2,(H2,18,20). The fourth-order valence-corrected chi connectivity index (χ4v) is 2.08. The molecule has 0 aromatic heterocycles. The molecule has 0 aliphatic carbocycles. The van der Waals surface area contributed by atoms with E-state index >= 15 is 0 Å². The van der Waals surface area contributed by atoms with Gasteiger partial charge in [0, 0.05) is 16.1 Å². The van der Waals surface area contributed by atoms with Gasteiger partial charge in [-0.2, -0.15) is 0 Å². The van der Waals surface area contributed by atoms with Gasteiger partial charge < -0.3 is 10.5 Å². The zero-order chi connectivity index (χ0) is 14.5. The minimum Gasteiger partial charge on any atom is -0.389 e. The first kappa shape index (κ1) is 14.9. The van der Waals surface area contributed by atoms with E-state index in [1.165, 1.54) is 6.07 Å².